The second-order valence-electron chi connectivity index (χ2n) is 5.16. The molecule has 0 spiro atoms. The Labute approximate surface area is 127 Å². The number of carbonyl (C=O) groups is 3. The number of carboxylic acid groups (broad SMARTS) is 2. The van der Waals surface area contributed by atoms with E-state index in [1.807, 2.05) is 6.26 Å². The largest absolute Gasteiger partial charge is 0.481 e. The second-order valence-corrected chi connectivity index (χ2v) is 6.30. The van der Waals surface area contributed by atoms with Crippen LogP contribution in [0.2, 0.25) is 0 Å². The van der Waals surface area contributed by atoms with Crippen LogP contribution >= 0.6 is 11.8 Å². The standard InChI is InChI=1S/C13H22N2O5S/c1-21-9-4-2-3-8(7-9)14-13(20)15-10(12(18)19)5-6-11(16)17/h8-10H,2-7H2,1H3,(H,16,17)(H,18,19)(H2,14,15,20)/t8?,9?,10-/m0/s1. The van der Waals surface area contributed by atoms with Gasteiger partial charge < -0.3 is 20.8 Å². The Morgan fingerprint density at radius 1 is 1.29 bits per heavy atom. The van der Waals surface area contributed by atoms with E-state index in [1.165, 1.54) is 0 Å². The molecule has 2 unspecified atom stereocenters. The molecule has 7 nitrogen and oxygen atoms in total. The first-order chi connectivity index (χ1) is 9.92. The minimum absolute atomic E-state index is 0.0464. The van der Waals surface area contributed by atoms with Crippen LogP contribution < -0.4 is 10.6 Å². The van der Waals surface area contributed by atoms with Crippen LogP contribution in [0.25, 0.3) is 0 Å². The molecule has 0 aromatic heterocycles. The molecule has 0 saturated heterocycles. The fraction of sp³-hybridized carbons (Fsp3) is 0.769. The summed E-state index contributed by atoms with van der Waals surface area (Å²) in [6.07, 6.45) is 5.55. The van der Waals surface area contributed by atoms with Gasteiger partial charge >= 0.3 is 18.0 Å². The minimum Gasteiger partial charge on any atom is -0.481 e. The predicted octanol–water partition coefficient (Wildman–Crippen LogP) is 1.28. The zero-order valence-corrected chi connectivity index (χ0v) is 12.8. The number of hydrogen-bond donors (Lipinski definition) is 4. The molecular weight excluding hydrogens is 296 g/mol. The van der Waals surface area contributed by atoms with Crippen molar-refractivity contribution in [3.05, 3.63) is 0 Å². The van der Waals surface area contributed by atoms with Gasteiger partial charge in [-0.05, 0) is 31.9 Å². The van der Waals surface area contributed by atoms with Crippen molar-refractivity contribution in [2.45, 2.75) is 55.9 Å². The van der Waals surface area contributed by atoms with E-state index < -0.39 is 24.0 Å². The lowest BCUT2D eigenvalue weighted by Crippen LogP contribution is -2.50. The zero-order chi connectivity index (χ0) is 15.8. The number of carboxylic acids is 2. The van der Waals surface area contributed by atoms with Gasteiger partial charge in [0.05, 0.1) is 0 Å². The lowest BCUT2D eigenvalue weighted by atomic mass is 9.95. The van der Waals surface area contributed by atoms with Crippen molar-refractivity contribution < 1.29 is 24.6 Å². The first-order valence-corrected chi connectivity index (χ1v) is 8.25. The predicted molar refractivity (Wildman–Crippen MR) is 79.5 cm³/mol. The van der Waals surface area contributed by atoms with Crippen molar-refractivity contribution in [3.63, 3.8) is 0 Å². The Hall–Kier alpha value is -1.44. The molecule has 2 amide bonds. The highest BCUT2D eigenvalue weighted by Gasteiger charge is 2.25. The van der Waals surface area contributed by atoms with Gasteiger partial charge in [-0.1, -0.05) is 6.42 Å². The molecule has 4 N–H and O–H groups in total. The average Bonchev–Trinajstić information content (AvgIpc) is 2.43. The number of urea groups is 1. The van der Waals surface area contributed by atoms with Gasteiger partial charge in [-0.3, -0.25) is 4.79 Å². The van der Waals surface area contributed by atoms with Crippen molar-refractivity contribution in [3.8, 4) is 0 Å². The molecule has 0 aliphatic heterocycles. The lowest BCUT2D eigenvalue weighted by molar-refractivity contribution is -0.140. The van der Waals surface area contributed by atoms with Crippen molar-refractivity contribution in [2.75, 3.05) is 6.26 Å². The molecule has 1 fully saturated rings. The third-order valence-corrected chi connectivity index (χ3v) is 4.64. The summed E-state index contributed by atoms with van der Waals surface area (Å²) in [6, 6.07) is -1.68. The van der Waals surface area contributed by atoms with Crippen molar-refractivity contribution in [1.82, 2.24) is 10.6 Å². The Balaban J connectivity index is 2.42. The summed E-state index contributed by atoms with van der Waals surface area (Å²) in [6.45, 7) is 0. The van der Waals surface area contributed by atoms with Gasteiger partial charge in [0.1, 0.15) is 6.04 Å². The molecule has 1 rings (SSSR count). The van der Waals surface area contributed by atoms with Crippen molar-refractivity contribution in [1.29, 1.82) is 0 Å². The Morgan fingerprint density at radius 2 is 2.00 bits per heavy atom. The summed E-state index contributed by atoms with van der Waals surface area (Å²) in [5.41, 5.74) is 0. The first kappa shape index (κ1) is 17.6. The molecule has 21 heavy (non-hydrogen) atoms. The maximum atomic E-state index is 11.8. The van der Waals surface area contributed by atoms with E-state index in [0.717, 1.165) is 25.7 Å². The van der Waals surface area contributed by atoms with E-state index in [4.69, 9.17) is 10.2 Å². The summed E-state index contributed by atoms with van der Waals surface area (Å²) in [7, 11) is 0. The molecule has 0 aromatic rings. The molecule has 8 heteroatoms. The van der Waals surface area contributed by atoms with Gasteiger partial charge in [-0.2, -0.15) is 11.8 Å². The van der Waals surface area contributed by atoms with Gasteiger partial charge in [0.2, 0.25) is 0 Å². The van der Waals surface area contributed by atoms with E-state index in [-0.39, 0.29) is 18.9 Å². The summed E-state index contributed by atoms with van der Waals surface area (Å²) < 4.78 is 0. The minimum atomic E-state index is -1.22. The molecule has 120 valence electrons. The van der Waals surface area contributed by atoms with Gasteiger partial charge in [-0.15, -0.1) is 0 Å². The Kier molecular flexibility index (Phi) is 7.35. The molecule has 1 aliphatic rings. The highest BCUT2D eigenvalue weighted by molar-refractivity contribution is 7.99. The lowest BCUT2D eigenvalue weighted by Gasteiger charge is -2.29. The molecular formula is C13H22N2O5S. The fourth-order valence-electron chi connectivity index (χ4n) is 2.40. The second kappa shape index (κ2) is 8.76. The molecule has 3 atom stereocenters. The summed E-state index contributed by atoms with van der Waals surface area (Å²) in [5, 5.41) is 23.2. The molecule has 0 aromatic carbocycles. The van der Waals surface area contributed by atoms with E-state index in [0.29, 0.717) is 5.25 Å². The van der Waals surface area contributed by atoms with Gasteiger partial charge in [-0.25, -0.2) is 9.59 Å². The van der Waals surface area contributed by atoms with Crippen molar-refractivity contribution >= 4 is 29.7 Å². The quantitative estimate of drug-likeness (QED) is 0.562. The summed E-state index contributed by atoms with van der Waals surface area (Å²) in [5.74, 6) is -2.31. The van der Waals surface area contributed by atoms with Crippen LogP contribution in [0.1, 0.15) is 38.5 Å². The van der Waals surface area contributed by atoms with Crippen LogP contribution in [-0.2, 0) is 9.59 Å². The van der Waals surface area contributed by atoms with Crippen LogP contribution in [0.15, 0.2) is 0 Å². The highest BCUT2D eigenvalue weighted by Crippen LogP contribution is 2.26. The Morgan fingerprint density at radius 3 is 2.57 bits per heavy atom. The number of amides is 2. The van der Waals surface area contributed by atoms with Crippen LogP contribution in [-0.4, -0.2) is 51.8 Å². The smallest absolute Gasteiger partial charge is 0.326 e. The maximum Gasteiger partial charge on any atom is 0.326 e. The van der Waals surface area contributed by atoms with Gasteiger partial charge in [0, 0.05) is 17.7 Å². The SMILES string of the molecule is CSC1CCCC(NC(=O)N[C@@H](CCC(=O)O)C(=O)O)C1. The van der Waals surface area contributed by atoms with E-state index in [9.17, 15) is 14.4 Å². The number of carbonyl (C=O) groups excluding carboxylic acids is 1. The molecule has 0 bridgehead atoms. The van der Waals surface area contributed by atoms with Crippen LogP contribution in [0, 0.1) is 0 Å². The Bertz CT molecular complexity index is 391. The summed E-state index contributed by atoms with van der Waals surface area (Å²) in [4.78, 5) is 33.3. The number of nitrogens with one attached hydrogen (secondary N) is 2. The van der Waals surface area contributed by atoms with Crippen LogP contribution in [0.4, 0.5) is 4.79 Å². The number of rotatable bonds is 7. The van der Waals surface area contributed by atoms with E-state index in [2.05, 4.69) is 10.6 Å². The highest BCUT2D eigenvalue weighted by atomic mass is 32.2. The number of thioether (sulfide) groups is 1. The molecule has 0 radical (unpaired) electrons. The van der Waals surface area contributed by atoms with Gasteiger partial charge in [0.25, 0.3) is 0 Å². The topological polar surface area (TPSA) is 116 Å². The first-order valence-electron chi connectivity index (χ1n) is 6.96. The fourth-order valence-corrected chi connectivity index (χ4v) is 3.23. The monoisotopic (exact) mass is 318 g/mol. The number of aliphatic carboxylic acids is 2. The van der Waals surface area contributed by atoms with Crippen molar-refractivity contribution in [2.24, 2.45) is 0 Å². The van der Waals surface area contributed by atoms with Crippen LogP contribution in [0.5, 0.6) is 0 Å². The third kappa shape index (κ3) is 6.70. The maximum absolute atomic E-state index is 11.8. The molecule has 0 heterocycles. The number of hydrogen-bond acceptors (Lipinski definition) is 4. The van der Waals surface area contributed by atoms with E-state index >= 15 is 0 Å². The van der Waals surface area contributed by atoms with Gasteiger partial charge in [0.15, 0.2) is 0 Å². The average molecular weight is 318 g/mol. The molecule has 1 aliphatic carbocycles. The normalized spacial score (nSPS) is 23.1. The third-order valence-electron chi connectivity index (χ3n) is 3.54. The molecule has 1 saturated carbocycles. The zero-order valence-electron chi connectivity index (χ0n) is 12.0. The summed E-state index contributed by atoms with van der Waals surface area (Å²) >= 11 is 1.78. The van der Waals surface area contributed by atoms with E-state index in [1.54, 1.807) is 11.8 Å². The van der Waals surface area contributed by atoms with Crippen LogP contribution in [0.3, 0.4) is 0 Å².